The van der Waals surface area contributed by atoms with E-state index in [4.69, 9.17) is 0 Å². The van der Waals surface area contributed by atoms with Crippen LogP contribution >= 0.6 is 11.8 Å². The molecule has 4 nitrogen and oxygen atoms in total. The molecule has 0 radical (unpaired) electrons. The molecule has 1 N–H and O–H groups in total. The van der Waals surface area contributed by atoms with Gasteiger partial charge >= 0.3 is 0 Å². The van der Waals surface area contributed by atoms with Gasteiger partial charge in [0.15, 0.2) is 5.17 Å². The Bertz CT molecular complexity index is 688. The molecule has 0 spiro atoms. The Kier molecular flexibility index (Phi) is 4.48. The van der Waals surface area contributed by atoms with Crippen LogP contribution in [0.4, 0.5) is 4.39 Å². The predicted octanol–water partition coefficient (Wildman–Crippen LogP) is 2.55. The van der Waals surface area contributed by atoms with E-state index in [0.717, 1.165) is 11.3 Å². The van der Waals surface area contributed by atoms with Crippen LogP contribution in [0, 0.1) is 5.82 Å². The smallest absolute Gasteiger partial charge is 0.239 e. The SMILES string of the molecule is O=C1NC(=NCc2ccccn2)SC1Cc1ccc(F)cc1. The molecule has 22 heavy (non-hydrogen) atoms. The highest BCUT2D eigenvalue weighted by Gasteiger charge is 2.30. The number of aromatic nitrogens is 1. The molecule has 1 unspecified atom stereocenters. The van der Waals surface area contributed by atoms with Crippen LogP contribution in [0.15, 0.2) is 53.7 Å². The molecule has 1 aromatic heterocycles. The number of amides is 1. The molecule has 0 saturated carbocycles. The number of thioether (sulfide) groups is 1. The first kappa shape index (κ1) is 14.7. The van der Waals surface area contributed by atoms with Crippen LogP contribution < -0.4 is 5.32 Å². The third kappa shape index (κ3) is 3.71. The largest absolute Gasteiger partial charge is 0.304 e. The fraction of sp³-hybridized carbons (Fsp3) is 0.188. The van der Waals surface area contributed by atoms with E-state index in [0.29, 0.717) is 18.1 Å². The van der Waals surface area contributed by atoms with E-state index in [1.165, 1.54) is 23.9 Å². The Morgan fingerprint density at radius 3 is 2.77 bits per heavy atom. The minimum Gasteiger partial charge on any atom is -0.304 e. The summed E-state index contributed by atoms with van der Waals surface area (Å²) in [4.78, 5) is 20.5. The molecule has 1 aromatic carbocycles. The monoisotopic (exact) mass is 315 g/mol. The number of amidine groups is 1. The van der Waals surface area contributed by atoms with Gasteiger partial charge in [-0.3, -0.25) is 14.8 Å². The van der Waals surface area contributed by atoms with Crippen molar-refractivity contribution in [3.63, 3.8) is 0 Å². The number of aliphatic imine (C=N–C) groups is 1. The Morgan fingerprint density at radius 1 is 1.23 bits per heavy atom. The maximum atomic E-state index is 12.9. The van der Waals surface area contributed by atoms with Crippen molar-refractivity contribution in [1.29, 1.82) is 0 Å². The van der Waals surface area contributed by atoms with E-state index in [-0.39, 0.29) is 17.0 Å². The van der Waals surface area contributed by atoms with Gasteiger partial charge in [0.2, 0.25) is 5.91 Å². The molecule has 1 amide bonds. The number of nitrogens with one attached hydrogen (secondary N) is 1. The van der Waals surface area contributed by atoms with Crippen molar-refractivity contribution in [3.05, 3.63) is 65.7 Å². The van der Waals surface area contributed by atoms with Crippen molar-refractivity contribution in [2.24, 2.45) is 4.99 Å². The first-order valence-electron chi connectivity index (χ1n) is 6.87. The van der Waals surface area contributed by atoms with Crippen LogP contribution in [0.1, 0.15) is 11.3 Å². The average Bonchev–Trinajstić information content (AvgIpc) is 2.89. The summed E-state index contributed by atoms with van der Waals surface area (Å²) >= 11 is 1.40. The van der Waals surface area contributed by atoms with Crippen LogP contribution in [0.2, 0.25) is 0 Å². The average molecular weight is 315 g/mol. The molecule has 3 rings (SSSR count). The highest BCUT2D eigenvalue weighted by atomic mass is 32.2. The Hall–Kier alpha value is -2.21. The zero-order valence-electron chi connectivity index (χ0n) is 11.7. The Labute approximate surface area is 131 Å². The molecule has 1 saturated heterocycles. The number of nitrogens with zero attached hydrogens (tertiary/aromatic N) is 2. The zero-order valence-corrected chi connectivity index (χ0v) is 12.5. The maximum absolute atomic E-state index is 12.9. The minimum atomic E-state index is -0.273. The third-order valence-corrected chi connectivity index (χ3v) is 4.34. The van der Waals surface area contributed by atoms with Crippen molar-refractivity contribution in [2.75, 3.05) is 0 Å². The van der Waals surface area contributed by atoms with E-state index in [1.54, 1.807) is 18.3 Å². The normalized spacial score (nSPS) is 19.4. The highest BCUT2D eigenvalue weighted by molar-refractivity contribution is 8.15. The van der Waals surface area contributed by atoms with Crippen molar-refractivity contribution < 1.29 is 9.18 Å². The number of rotatable bonds is 4. The molecule has 1 aliphatic heterocycles. The van der Waals surface area contributed by atoms with Gasteiger partial charge < -0.3 is 5.32 Å². The second-order valence-corrected chi connectivity index (χ2v) is 6.06. The minimum absolute atomic E-state index is 0.0610. The second-order valence-electron chi connectivity index (χ2n) is 4.87. The number of halogens is 1. The maximum Gasteiger partial charge on any atom is 0.239 e. The summed E-state index contributed by atoms with van der Waals surface area (Å²) in [5, 5.41) is 3.16. The quantitative estimate of drug-likeness (QED) is 0.943. The molecule has 0 aliphatic carbocycles. The van der Waals surface area contributed by atoms with Crippen molar-refractivity contribution in [3.8, 4) is 0 Å². The summed E-state index contributed by atoms with van der Waals surface area (Å²) < 4.78 is 12.9. The zero-order chi connectivity index (χ0) is 15.4. The lowest BCUT2D eigenvalue weighted by Crippen LogP contribution is -2.26. The van der Waals surface area contributed by atoms with Crippen molar-refractivity contribution in [1.82, 2.24) is 10.3 Å². The van der Waals surface area contributed by atoms with Gasteiger partial charge in [0.25, 0.3) is 0 Å². The van der Waals surface area contributed by atoms with E-state index in [1.807, 2.05) is 18.2 Å². The Balaban J connectivity index is 1.61. The van der Waals surface area contributed by atoms with Crippen LogP contribution in [0.5, 0.6) is 0 Å². The molecular formula is C16H14FN3OS. The summed E-state index contributed by atoms with van der Waals surface area (Å²) in [5.74, 6) is -0.334. The number of pyridine rings is 1. The number of carbonyl (C=O) groups excluding carboxylic acids is 1. The molecule has 2 heterocycles. The van der Waals surface area contributed by atoms with Gasteiger partial charge in [-0.25, -0.2) is 4.39 Å². The molecule has 1 fully saturated rings. The Morgan fingerprint density at radius 2 is 2.05 bits per heavy atom. The first-order chi connectivity index (χ1) is 10.7. The summed E-state index contributed by atoms with van der Waals surface area (Å²) in [6, 6.07) is 11.9. The lowest BCUT2D eigenvalue weighted by Gasteiger charge is -2.04. The lowest BCUT2D eigenvalue weighted by atomic mass is 10.1. The van der Waals surface area contributed by atoms with Gasteiger partial charge in [-0.2, -0.15) is 0 Å². The molecule has 6 heteroatoms. The van der Waals surface area contributed by atoms with Crippen molar-refractivity contribution in [2.45, 2.75) is 18.2 Å². The molecule has 1 atom stereocenters. The molecule has 0 bridgehead atoms. The fourth-order valence-electron chi connectivity index (χ4n) is 2.09. The molecule has 2 aromatic rings. The van der Waals surface area contributed by atoms with E-state index in [9.17, 15) is 9.18 Å². The van der Waals surface area contributed by atoms with Crippen LogP contribution in [-0.4, -0.2) is 21.3 Å². The summed E-state index contributed by atoms with van der Waals surface area (Å²) in [5.41, 5.74) is 1.78. The topological polar surface area (TPSA) is 54.4 Å². The summed E-state index contributed by atoms with van der Waals surface area (Å²) in [6.07, 6.45) is 2.27. The van der Waals surface area contributed by atoms with Gasteiger partial charge in [0.05, 0.1) is 17.5 Å². The highest BCUT2D eigenvalue weighted by Crippen LogP contribution is 2.23. The van der Waals surface area contributed by atoms with Gasteiger partial charge in [-0.05, 0) is 36.2 Å². The van der Waals surface area contributed by atoms with Crippen LogP contribution in [0.25, 0.3) is 0 Å². The lowest BCUT2D eigenvalue weighted by molar-refractivity contribution is -0.118. The number of hydrogen-bond donors (Lipinski definition) is 1. The third-order valence-electron chi connectivity index (χ3n) is 3.22. The summed E-state index contributed by atoms with van der Waals surface area (Å²) in [7, 11) is 0. The van der Waals surface area contributed by atoms with E-state index >= 15 is 0 Å². The molecule has 112 valence electrons. The van der Waals surface area contributed by atoms with Gasteiger partial charge in [-0.15, -0.1) is 0 Å². The molecular weight excluding hydrogens is 301 g/mol. The van der Waals surface area contributed by atoms with Gasteiger partial charge in [-0.1, -0.05) is 30.0 Å². The number of hydrogen-bond acceptors (Lipinski definition) is 4. The fourth-order valence-corrected chi connectivity index (χ4v) is 3.10. The standard InChI is InChI=1S/C16H14FN3OS/c17-12-6-4-11(5-7-12)9-14-15(21)20-16(22-14)19-10-13-3-1-2-8-18-13/h1-8,14H,9-10H2,(H,19,20,21). The number of benzene rings is 1. The summed E-state index contributed by atoms with van der Waals surface area (Å²) in [6.45, 7) is 0.437. The van der Waals surface area contributed by atoms with E-state index < -0.39 is 0 Å². The first-order valence-corrected chi connectivity index (χ1v) is 7.75. The second kappa shape index (κ2) is 6.70. The predicted molar refractivity (Wildman–Crippen MR) is 85.0 cm³/mol. The van der Waals surface area contributed by atoms with Crippen LogP contribution in [0.3, 0.4) is 0 Å². The van der Waals surface area contributed by atoms with Crippen molar-refractivity contribution >= 4 is 22.8 Å². The number of carbonyl (C=O) groups is 1. The van der Waals surface area contributed by atoms with Gasteiger partial charge in [0, 0.05) is 6.20 Å². The van der Waals surface area contributed by atoms with Crippen LogP contribution in [-0.2, 0) is 17.8 Å². The van der Waals surface area contributed by atoms with E-state index in [2.05, 4.69) is 15.3 Å². The molecule has 1 aliphatic rings. The van der Waals surface area contributed by atoms with Gasteiger partial charge in [0.1, 0.15) is 5.82 Å².